The van der Waals surface area contributed by atoms with Gasteiger partial charge >= 0.3 is 0 Å². The smallest absolute Gasteiger partial charge is 0.0849 e. The molecule has 0 spiro atoms. The molecule has 1 N–H and O–H groups in total. The highest BCUT2D eigenvalue weighted by Crippen LogP contribution is 2.37. The van der Waals surface area contributed by atoms with Crippen LogP contribution in [-0.2, 0) is 11.2 Å². The summed E-state index contributed by atoms with van der Waals surface area (Å²) in [4.78, 5) is 0. The van der Waals surface area contributed by atoms with Gasteiger partial charge in [-0.15, -0.1) is 0 Å². The van der Waals surface area contributed by atoms with Crippen molar-refractivity contribution >= 4 is 0 Å². The summed E-state index contributed by atoms with van der Waals surface area (Å²) in [6.45, 7) is 5.29. The third-order valence-electron chi connectivity index (χ3n) is 3.87. The van der Waals surface area contributed by atoms with Gasteiger partial charge in [0, 0.05) is 6.61 Å². The second kappa shape index (κ2) is 5.19. The van der Waals surface area contributed by atoms with Gasteiger partial charge in [-0.25, -0.2) is 0 Å². The topological polar surface area (TPSA) is 21.3 Å². The molecule has 2 rings (SSSR count). The third kappa shape index (κ3) is 2.53. The van der Waals surface area contributed by atoms with Gasteiger partial charge in [0.05, 0.1) is 11.6 Å². The van der Waals surface area contributed by atoms with Crippen LogP contribution in [0.5, 0.6) is 0 Å². The molecule has 0 amide bonds. The summed E-state index contributed by atoms with van der Waals surface area (Å²) < 4.78 is 5.94. The minimum atomic E-state index is -0.0531. The minimum Gasteiger partial charge on any atom is -0.373 e. The molecule has 1 saturated heterocycles. The van der Waals surface area contributed by atoms with Crippen molar-refractivity contribution in [1.29, 1.82) is 0 Å². The van der Waals surface area contributed by atoms with Gasteiger partial charge in [-0.2, -0.15) is 0 Å². The summed E-state index contributed by atoms with van der Waals surface area (Å²) in [6, 6.07) is 9.19. The van der Waals surface area contributed by atoms with Gasteiger partial charge in [0.15, 0.2) is 0 Å². The van der Waals surface area contributed by atoms with Gasteiger partial charge in [0.2, 0.25) is 0 Å². The van der Waals surface area contributed by atoms with Gasteiger partial charge in [0.1, 0.15) is 0 Å². The van der Waals surface area contributed by atoms with Gasteiger partial charge in [0.25, 0.3) is 0 Å². The molecular weight excluding hydrogens is 210 g/mol. The summed E-state index contributed by atoms with van der Waals surface area (Å²) in [5.74, 6) is 0. The minimum absolute atomic E-state index is 0.0531. The van der Waals surface area contributed by atoms with Crippen LogP contribution in [0.1, 0.15) is 43.9 Å². The number of hydrogen-bond donors (Lipinski definition) is 1. The van der Waals surface area contributed by atoms with Crippen molar-refractivity contribution in [1.82, 2.24) is 5.32 Å². The van der Waals surface area contributed by atoms with E-state index in [-0.39, 0.29) is 11.6 Å². The molecule has 1 aliphatic heterocycles. The molecule has 1 aromatic rings. The van der Waals surface area contributed by atoms with Crippen LogP contribution in [-0.4, -0.2) is 19.3 Å². The monoisotopic (exact) mass is 233 g/mol. The Kier molecular flexibility index (Phi) is 3.85. The normalized spacial score (nSPS) is 26.1. The second-order valence-corrected chi connectivity index (χ2v) is 5.08. The van der Waals surface area contributed by atoms with E-state index >= 15 is 0 Å². The molecule has 0 aliphatic carbocycles. The quantitative estimate of drug-likeness (QED) is 0.863. The Labute approximate surface area is 104 Å². The Morgan fingerprint density at radius 2 is 2.06 bits per heavy atom. The molecule has 0 radical (unpaired) electrons. The molecule has 0 bridgehead atoms. The molecular formula is C15H23NO. The van der Waals surface area contributed by atoms with Crippen LogP contribution in [0.2, 0.25) is 0 Å². The zero-order valence-corrected chi connectivity index (χ0v) is 11.1. The summed E-state index contributed by atoms with van der Waals surface area (Å²) in [6.07, 6.45) is 3.40. The van der Waals surface area contributed by atoms with Crippen molar-refractivity contribution in [2.24, 2.45) is 0 Å². The zero-order valence-electron chi connectivity index (χ0n) is 11.1. The van der Waals surface area contributed by atoms with Crippen molar-refractivity contribution < 1.29 is 4.74 Å². The molecule has 94 valence electrons. The lowest BCUT2D eigenvalue weighted by Gasteiger charge is -2.33. The van der Waals surface area contributed by atoms with E-state index in [1.54, 1.807) is 0 Å². The number of ether oxygens (including phenoxy) is 1. The van der Waals surface area contributed by atoms with Crippen LogP contribution < -0.4 is 5.32 Å². The van der Waals surface area contributed by atoms with Gasteiger partial charge in [-0.1, -0.05) is 31.2 Å². The molecule has 17 heavy (non-hydrogen) atoms. The average molecular weight is 233 g/mol. The Balaban J connectivity index is 2.22. The van der Waals surface area contributed by atoms with Crippen LogP contribution in [0.4, 0.5) is 0 Å². The first kappa shape index (κ1) is 12.6. The largest absolute Gasteiger partial charge is 0.373 e. The first-order valence-electron chi connectivity index (χ1n) is 6.59. The van der Waals surface area contributed by atoms with Crippen LogP contribution in [0.25, 0.3) is 0 Å². The maximum absolute atomic E-state index is 5.94. The van der Waals surface area contributed by atoms with E-state index in [2.05, 4.69) is 43.4 Å². The van der Waals surface area contributed by atoms with Gasteiger partial charge in [-0.05, 0) is 44.4 Å². The lowest BCUT2D eigenvalue weighted by atomic mass is 9.87. The maximum Gasteiger partial charge on any atom is 0.0849 e. The Morgan fingerprint density at radius 1 is 1.35 bits per heavy atom. The number of rotatable bonds is 4. The molecule has 1 aromatic carbocycles. The lowest BCUT2D eigenvalue weighted by Crippen LogP contribution is -2.39. The molecule has 2 heteroatoms. The van der Waals surface area contributed by atoms with Crippen molar-refractivity contribution in [2.75, 3.05) is 13.7 Å². The first-order valence-corrected chi connectivity index (χ1v) is 6.59. The van der Waals surface area contributed by atoms with E-state index in [4.69, 9.17) is 4.74 Å². The molecule has 2 unspecified atom stereocenters. The number of nitrogens with one attached hydrogen (secondary N) is 1. The van der Waals surface area contributed by atoms with E-state index in [9.17, 15) is 0 Å². The number of aryl methyl sites for hydroxylation is 1. The van der Waals surface area contributed by atoms with E-state index in [0.717, 1.165) is 19.4 Å². The summed E-state index contributed by atoms with van der Waals surface area (Å²) in [5.41, 5.74) is 2.66. The van der Waals surface area contributed by atoms with Crippen LogP contribution in [0.15, 0.2) is 24.3 Å². The van der Waals surface area contributed by atoms with Crippen LogP contribution in [0, 0.1) is 0 Å². The Morgan fingerprint density at radius 3 is 2.53 bits per heavy atom. The number of hydrogen-bond acceptors (Lipinski definition) is 2. The van der Waals surface area contributed by atoms with Crippen molar-refractivity contribution in [2.45, 2.75) is 44.8 Å². The van der Waals surface area contributed by atoms with Gasteiger partial charge < -0.3 is 10.1 Å². The number of likely N-dealkylation sites (N-methyl/N-ethyl adjacent to an activating group) is 1. The predicted octanol–water partition coefficient (Wildman–Crippen LogP) is 3.08. The second-order valence-electron chi connectivity index (χ2n) is 5.08. The van der Waals surface area contributed by atoms with E-state index < -0.39 is 0 Å². The molecule has 0 saturated carbocycles. The molecule has 1 heterocycles. The average Bonchev–Trinajstić information content (AvgIpc) is 2.78. The molecule has 2 atom stereocenters. The molecule has 2 nitrogen and oxygen atoms in total. The fourth-order valence-corrected chi connectivity index (χ4v) is 2.80. The first-order chi connectivity index (χ1) is 8.19. The summed E-state index contributed by atoms with van der Waals surface area (Å²) >= 11 is 0. The zero-order chi connectivity index (χ0) is 12.3. The highest BCUT2D eigenvalue weighted by Gasteiger charge is 2.38. The SMILES string of the molecule is CCc1ccc(C(NC)C2(C)CCCO2)cc1. The van der Waals surface area contributed by atoms with Gasteiger partial charge in [-0.3, -0.25) is 0 Å². The predicted molar refractivity (Wildman–Crippen MR) is 71.2 cm³/mol. The Bertz CT molecular complexity index is 352. The fraction of sp³-hybridized carbons (Fsp3) is 0.600. The van der Waals surface area contributed by atoms with Crippen molar-refractivity contribution in [3.63, 3.8) is 0 Å². The van der Waals surface area contributed by atoms with Crippen molar-refractivity contribution in [3.05, 3.63) is 35.4 Å². The molecule has 1 aliphatic rings. The van der Waals surface area contributed by atoms with Crippen LogP contribution >= 0.6 is 0 Å². The Hall–Kier alpha value is -0.860. The molecule has 1 fully saturated rings. The highest BCUT2D eigenvalue weighted by molar-refractivity contribution is 5.27. The lowest BCUT2D eigenvalue weighted by molar-refractivity contribution is -0.0104. The maximum atomic E-state index is 5.94. The standard InChI is InChI=1S/C15H23NO/c1-4-12-6-8-13(9-7-12)14(16-3)15(2)10-5-11-17-15/h6-9,14,16H,4-5,10-11H2,1-3H3. The number of benzene rings is 1. The van der Waals surface area contributed by atoms with E-state index in [1.165, 1.54) is 17.5 Å². The molecule has 0 aromatic heterocycles. The van der Waals surface area contributed by atoms with Crippen LogP contribution in [0.3, 0.4) is 0 Å². The van der Waals surface area contributed by atoms with E-state index in [1.807, 2.05) is 7.05 Å². The highest BCUT2D eigenvalue weighted by atomic mass is 16.5. The summed E-state index contributed by atoms with van der Waals surface area (Å²) in [5, 5.41) is 3.41. The van der Waals surface area contributed by atoms with E-state index in [0.29, 0.717) is 0 Å². The van der Waals surface area contributed by atoms with Crippen molar-refractivity contribution in [3.8, 4) is 0 Å². The third-order valence-corrected chi connectivity index (χ3v) is 3.87. The fourth-order valence-electron chi connectivity index (χ4n) is 2.80. The summed E-state index contributed by atoms with van der Waals surface area (Å²) in [7, 11) is 2.02.